The van der Waals surface area contributed by atoms with Gasteiger partial charge in [-0.3, -0.25) is 33.8 Å². The van der Waals surface area contributed by atoms with E-state index >= 15 is 0 Å². The van der Waals surface area contributed by atoms with E-state index in [4.69, 9.17) is 11.5 Å². The van der Waals surface area contributed by atoms with Gasteiger partial charge >= 0.3 is 0 Å². The van der Waals surface area contributed by atoms with Crippen LogP contribution in [0.4, 0.5) is 0 Å². The lowest BCUT2D eigenvalue weighted by atomic mass is 9.96. The van der Waals surface area contributed by atoms with Crippen LogP contribution >= 0.6 is 0 Å². The van der Waals surface area contributed by atoms with Crippen molar-refractivity contribution in [1.82, 2.24) is 31.5 Å². The minimum absolute atomic E-state index is 0.000230. The number of hydrogen-bond acceptors (Lipinski definition) is 7. The summed E-state index contributed by atoms with van der Waals surface area (Å²) in [5, 5.41) is 13.6. The molecule has 250 valence electrons. The van der Waals surface area contributed by atoms with Gasteiger partial charge in [0.15, 0.2) is 5.96 Å². The Kier molecular flexibility index (Phi) is 17.4. The molecule has 15 heteroatoms. The van der Waals surface area contributed by atoms with Gasteiger partial charge in [0.1, 0.15) is 24.2 Å². The number of likely N-dealkylation sites (tertiary alicyclic amines) is 1. The molecule has 0 saturated carbocycles. The molecular formula is C29H53N9O6. The Morgan fingerprint density at radius 3 is 2.23 bits per heavy atom. The molecule has 5 atom stereocenters. The van der Waals surface area contributed by atoms with Crippen LogP contribution in [-0.4, -0.2) is 96.6 Å². The monoisotopic (exact) mass is 623 g/mol. The molecule has 15 nitrogen and oxygen atoms in total. The Hall–Kier alpha value is -3.91. The summed E-state index contributed by atoms with van der Waals surface area (Å²) in [6.45, 7) is 9.90. The molecule has 0 bridgehead atoms. The number of aliphatic imine (C=N–C) groups is 1. The fraction of sp³-hybridized carbons (Fsp3) is 0.759. The predicted octanol–water partition coefficient (Wildman–Crippen LogP) is -1.01. The number of nitrogens with one attached hydrogen (secondary N) is 5. The fourth-order valence-corrected chi connectivity index (χ4v) is 4.95. The van der Waals surface area contributed by atoms with Gasteiger partial charge in [0.25, 0.3) is 0 Å². The summed E-state index contributed by atoms with van der Waals surface area (Å²) < 4.78 is 0. The Balaban J connectivity index is 3.13. The van der Waals surface area contributed by atoms with Crippen LogP contribution in [0.25, 0.3) is 0 Å². The minimum Gasteiger partial charge on any atom is -0.370 e. The fourth-order valence-electron chi connectivity index (χ4n) is 4.95. The third-order valence-corrected chi connectivity index (χ3v) is 7.50. The standard InChI is InChI=1S/C29H53N9O6/c1-6-11-20(35-23(40)14-16-33-19(5)39)25(41)37-24(18(4)7-2)27(43)36-21(12-9-15-34-29(30)31)28(44)38-17-10-13-22(38)26(42)32-8-3/h18,20-22,24H,6-17H2,1-5H3,(H,32,42)(H,33,39)(H,35,40)(H,36,43)(H,37,41)(H4,30,31,34)/t18-,20-,21-,22-,24-/m0/s1. The first-order chi connectivity index (χ1) is 20.9. The quantitative estimate of drug-likeness (QED) is 0.0534. The topological polar surface area (TPSA) is 230 Å². The van der Waals surface area contributed by atoms with Crippen LogP contribution in [0.1, 0.15) is 86.0 Å². The van der Waals surface area contributed by atoms with Crippen molar-refractivity contribution in [1.29, 1.82) is 0 Å². The van der Waals surface area contributed by atoms with Crippen molar-refractivity contribution in [2.75, 3.05) is 26.2 Å². The van der Waals surface area contributed by atoms with E-state index in [1.165, 1.54) is 11.8 Å². The Morgan fingerprint density at radius 1 is 0.932 bits per heavy atom. The Morgan fingerprint density at radius 2 is 1.64 bits per heavy atom. The highest BCUT2D eigenvalue weighted by Gasteiger charge is 2.38. The molecule has 9 N–H and O–H groups in total. The van der Waals surface area contributed by atoms with Gasteiger partial charge in [0.2, 0.25) is 35.4 Å². The van der Waals surface area contributed by atoms with E-state index in [9.17, 15) is 28.8 Å². The minimum atomic E-state index is -0.992. The highest BCUT2D eigenvalue weighted by atomic mass is 16.2. The van der Waals surface area contributed by atoms with Gasteiger partial charge < -0.3 is 43.0 Å². The van der Waals surface area contributed by atoms with Crippen molar-refractivity contribution >= 4 is 41.4 Å². The molecule has 1 saturated heterocycles. The van der Waals surface area contributed by atoms with Gasteiger partial charge in [-0.1, -0.05) is 33.6 Å². The van der Waals surface area contributed by atoms with Crippen LogP contribution in [-0.2, 0) is 28.8 Å². The van der Waals surface area contributed by atoms with Crippen LogP contribution in [0.2, 0.25) is 0 Å². The molecule has 1 aliphatic heterocycles. The number of nitrogens with zero attached hydrogens (tertiary/aromatic N) is 2. The number of likely N-dealkylation sites (N-methyl/N-ethyl adjacent to an activating group) is 1. The lowest BCUT2D eigenvalue weighted by Crippen LogP contribution is -2.59. The molecule has 1 heterocycles. The van der Waals surface area contributed by atoms with Gasteiger partial charge in [0, 0.05) is 39.5 Å². The number of guanidine groups is 1. The van der Waals surface area contributed by atoms with Crippen LogP contribution in [0.3, 0.4) is 0 Å². The van der Waals surface area contributed by atoms with Gasteiger partial charge in [-0.2, -0.15) is 0 Å². The molecule has 0 spiro atoms. The summed E-state index contributed by atoms with van der Waals surface area (Å²) in [4.78, 5) is 82.4. The van der Waals surface area contributed by atoms with Crippen molar-refractivity contribution in [3.63, 3.8) is 0 Å². The molecule has 44 heavy (non-hydrogen) atoms. The average molecular weight is 624 g/mol. The van der Waals surface area contributed by atoms with E-state index in [-0.39, 0.29) is 55.5 Å². The second kappa shape index (κ2) is 20.1. The summed E-state index contributed by atoms with van der Waals surface area (Å²) in [5.74, 6) is -2.76. The van der Waals surface area contributed by atoms with Crippen molar-refractivity contribution in [2.24, 2.45) is 22.4 Å². The summed E-state index contributed by atoms with van der Waals surface area (Å²) in [6, 6.07) is -3.48. The molecule has 1 aliphatic rings. The van der Waals surface area contributed by atoms with E-state index in [2.05, 4.69) is 31.6 Å². The highest BCUT2D eigenvalue weighted by Crippen LogP contribution is 2.20. The van der Waals surface area contributed by atoms with Gasteiger partial charge in [0.05, 0.1) is 0 Å². The molecule has 0 aliphatic carbocycles. The zero-order valence-electron chi connectivity index (χ0n) is 26.9. The Bertz CT molecular complexity index is 1020. The number of hydrogen-bond donors (Lipinski definition) is 7. The third kappa shape index (κ3) is 13.2. The normalized spacial score (nSPS) is 16.9. The number of nitrogens with two attached hydrogens (primary N) is 2. The first-order valence-corrected chi connectivity index (χ1v) is 15.6. The van der Waals surface area contributed by atoms with Crippen molar-refractivity contribution in [3.05, 3.63) is 0 Å². The van der Waals surface area contributed by atoms with Gasteiger partial charge in [-0.25, -0.2) is 0 Å². The summed E-state index contributed by atoms with van der Waals surface area (Å²) in [7, 11) is 0. The lowest BCUT2D eigenvalue weighted by molar-refractivity contribution is -0.142. The van der Waals surface area contributed by atoms with Crippen LogP contribution < -0.4 is 38.1 Å². The lowest BCUT2D eigenvalue weighted by Gasteiger charge is -2.31. The van der Waals surface area contributed by atoms with E-state index in [1.807, 2.05) is 20.8 Å². The molecular weight excluding hydrogens is 570 g/mol. The van der Waals surface area contributed by atoms with Crippen molar-refractivity contribution < 1.29 is 28.8 Å². The average Bonchev–Trinajstić information content (AvgIpc) is 3.46. The number of amides is 6. The highest BCUT2D eigenvalue weighted by molar-refractivity contribution is 5.96. The maximum Gasteiger partial charge on any atom is 0.245 e. The number of carbonyl (C=O) groups is 6. The number of rotatable bonds is 19. The SMILES string of the molecule is CCC[C@H](NC(=O)CCNC(C)=O)C(=O)N[C@H](C(=O)N[C@@H](CCCN=C(N)N)C(=O)N1CCC[C@H]1C(=O)NCC)[C@@H](C)CC. The maximum atomic E-state index is 13.7. The molecule has 6 amide bonds. The second-order valence-corrected chi connectivity index (χ2v) is 11.1. The molecule has 1 rings (SSSR count). The molecule has 1 fully saturated rings. The van der Waals surface area contributed by atoms with E-state index in [0.29, 0.717) is 51.6 Å². The van der Waals surface area contributed by atoms with Crippen LogP contribution in [0.15, 0.2) is 4.99 Å². The zero-order chi connectivity index (χ0) is 33.2. The molecule has 0 aromatic rings. The molecule has 0 aromatic heterocycles. The Labute approximate surface area is 260 Å². The maximum absolute atomic E-state index is 13.7. The first kappa shape index (κ1) is 38.1. The summed E-state index contributed by atoms with van der Waals surface area (Å²) in [5.41, 5.74) is 10.9. The molecule has 0 unspecified atom stereocenters. The van der Waals surface area contributed by atoms with Crippen molar-refractivity contribution in [3.8, 4) is 0 Å². The zero-order valence-corrected chi connectivity index (χ0v) is 26.9. The van der Waals surface area contributed by atoms with Crippen LogP contribution in [0, 0.1) is 5.92 Å². The van der Waals surface area contributed by atoms with Gasteiger partial charge in [-0.05, 0) is 44.9 Å². The summed E-state index contributed by atoms with van der Waals surface area (Å²) in [6.07, 6.45) is 3.26. The van der Waals surface area contributed by atoms with Crippen LogP contribution in [0.5, 0.6) is 0 Å². The van der Waals surface area contributed by atoms with Crippen molar-refractivity contribution in [2.45, 2.75) is 110 Å². The molecule has 0 aromatic carbocycles. The van der Waals surface area contributed by atoms with E-state index in [1.54, 1.807) is 6.92 Å². The second-order valence-electron chi connectivity index (χ2n) is 11.1. The van der Waals surface area contributed by atoms with E-state index < -0.39 is 41.9 Å². The number of carbonyl (C=O) groups excluding carboxylic acids is 6. The first-order valence-electron chi connectivity index (χ1n) is 15.6. The van der Waals surface area contributed by atoms with Gasteiger partial charge in [-0.15, -0.1) is 0 Å². The smallest absolute Gasteiger partial charge is 0.245 e. The predicted molar refractivity (Wildman–Crippen MR) is 167 cm³/mol. The molecule has 0 radical (unpaired) electrons. The largest absolute Gasteiger partial charge is 0.370 e. The van der Waals surface area contributed by atoms with E-state index in [0.717, 1.165) is 0 Å². The third-order valence-electron chi connectivity index (χ3n) is 7.50. The summed E-state index contributed by atoms with van der Waals surface area (Å²) >= 11 is 0.